The molecule has 1 saturated heterocycles. The fraction of sp³-hybridized carbons (Fsp3) is 0.385. The molecule has 0 saturated carbocycles. The molecule has 12 heteroatoms. The largest absolute Gasteiger partial charge is 0.489 e. The zero-order valence-electron chi connectivity index (χ0n) is 20.5. The van der Waals surface area contributed by atoms with Crippen molar-refractivity contribution >= 4 is 34.8 Å². The Morgan fingerprint density at radius 2 is 1.68 bits per heavy atom. The highest BCUT2D eigenvalue weighted by molar-refractivity contribution is 6.37. The van der Waals surface area contributed by atoms with Crippen LogP contribution in [0.5, 0.6) is 11.5 Å². The third kappa shape index (κ3) is 6.13. The van der Waals surface area contributed by atoms with Crippen molar-refractivity contribution in [2.45, 2.75) is 50.2 Å². The van der Waals surface area contributed by atoms with E-state index in [0.29, 0.717) is 33.1 Å². The zero-order valence-corrected chi connectivity index (χ0v) is 22.7. The topological polar surface area (TPSA) is 76.5 Å². The van der Waals surface area contributed by atoms with E-state index in [1.807, 2.05) is 38.1 Å². The van der Waals surface area contributed by atoms with Crippen LogP contribution in [0.4, 0.5) is 13.2 Å². The minimum Gasteiger partial charge on any atom is -0.489 e. The van der Waals surface area contributed by atoms with Gasteiger partial charge in [-0.2, -0.15) is 13.2 Å². The number of aliphatic hydroxyl groups is 1. The van der Waals surface area contributed by atoms with E-state index in [1.165, 1.54) is 6.20 Å². The average Bonchev–Trinajstić information content (AvgIpc) is 2.85. The van der Waals surface area contributed by atoms with Crippen LogP contribution in [0.1, 0.15) is 42.9 Å². The first-order valence-corrected chi connectivity index (χ1v) is 12.9. The van der Waals surface area contributed by atoms with Gasteiger partial charge in [-0.15, -0.1) is 11.6 Å². The molecule has 3 aromatic rings. The second-order valence-corrected chi connectivity index (χ2v) is 10.6. The van der Waals surface area contributed by atoms with Gasteiger partial charge in [0.1, 0.15) is 25.0 Å². The van der Waals surface area contributed by atoms with Crippen molar-refractivity contribution in [2.24, 2.45) is 0 Å². The molecule has 2 unspecified atom stereocenters. The molecule has 4 rings (SSSR count). The van der Waals surface area contributed by atoms with Gasteiger partial charge in [-0.3, -0.25) is 5.32 Å². The smallest absolute Gasteiger partial charge is 0.404 e. The van der Waals surface area contributed by atoms with Gasteiger partial charge < -0.3 is 14.6 Å². The van der Waals surface area contributed by atoms with Crippen LogP contribution < -0.4 is 14.8 Å². The zero-order chi connectivity index (χ0) is 27.7. The summed E-state index contributed by atoms with van der Waals surface area (Å²) in [5.74, 6) is 1.13. The van der Waals surface area contributed by atoms with E-state index in [9.17, 15) is 18.3 Å². The van der Waals surface area contributed by atoms with Gasteiger partial charge in [0.25, 0.3) is 0 Å². The Bertz CT molecular complexity index is 1260. The predicted molar refractivity (Wildman–Crippen MR) is 139 cm³/mol. The van der Waals surface area contributed by atoms with Crippen LogP contribution in [0.2, 0.25) is 10.0 Å². The lowest BCUT2D eigenvalue weighted by molar-refractivity contribution is -0.231. The lowest BCUT2D eigenvalue weighted by Crippen LogP contribution is -2.66. The number of hydrogen-bond donors (Lipinski definition) is 2. The normalized spacial score (nSPS) is 19.7. The predicted octanol–water partition coefficient (Wildman–Crippen LogP) is 6.38. The van der Waals surface area contributed by atoms with E-state index < -0.39 is 29.8 Å². The molecule has 0 radical (unpaired) electrons. The lowest BCUT2D eigenvalue weighted by atomic mass is 9.78. The Morgan fingerprint density at radius 3 is 2.26 bits per heavy atom. The van der Waals surface area contributed by atoms with Gasteiger partial charge in [-0.05, 0) is 41.5 Å². The van der Waals surface area contributed by atoms with E-state index in [2.05, 4.69) is 15.3 Å². The fourth-order valence-electron chi connectivity index (χ4n) is 4.08. The van der Waals surface area contributed by atoms with Crippen LogP contribution in [0.25, 0.3) is 0 Å². The Balaban J connectivity index is 1.42. The molecular weight excluding hydrogens is 566 g/mol. The van der Waals surface area contributed by atoms with Crippen LogP contribution >= 0.6 is 34.8 Å². The highest BCUT2D eigenvalue weighted by Gasteiger charge is 2.57. The van der Waals surface area contributed by atoms with Gasteiger partial charge in [0, 0.05) is 18.0 Å². The van der Waals surface area contributed by atoms with Crippen molar-refractivity contribution in [2.75, 3.05) is 12.5 Å². The highest BCUT2D eigenvalue weighted by atomic mass is 35.5. The quantitative estimate of drug-likeness (QED) is 0.282. The summed E-state index contributed by atoms with van der Waals surface area (Å²) < 4.78 is 49.7. The van der Waals surface area contributed by atoms with Crippen LogP contribution in [-0.4, -0.2) is 39.8 Å². The van der Waals surface area contributed by atoms with Gasteiger partial charge in [-0.1, -0.05) is 49.2 Å². The molecule has 2 atom stereocenters. The maximum Gasteiger partial charge on any atom is 0.404 e. The molecule has 38 heavy (non-hydrogen) atoms. The number of halogens is 6. The summed E-state index contributed by atoms with van der Waals surface area (Å²) in [6, 6.07) is 10.8. The van der Waals surface area contributed by atoms with Crippen molar-refractivity contribution < 1.29 is 27.8 Å². The summed E-state index contributed by atoms with van der Waals surface area (Å²) in [5.41, 5.74) is -0.0936. The molecule has 0 bridgehead atoms. The van der Waals surface area contributed by atoms with Crippen molar-refractivity contribution in [3.05, 3.63) is 81.4 Å². The molecule has 2 N–H and O–H groups in total. The van der Waals surface area contributed by atoms with Gasteiger partial charge in [-0.25, -0.2) is 9.97 Å². The van der Waals surface area contributed by atoms with E-state index in [1.54, 1.807) is 18.2 Å². The summed E-state index contributed by atoms with van der Waals surface area (Å²) >= 11 is 18.5. The molecule has 1 fully saturated rings. The van der Waals surface area contributed by atoms with Crippen molar-refractivity contribution in [1.82, 2.24) is 15.3 Å². The summed E-state index contributed by atoms with van der Waals surface area (Å²) in [7, 11) is 0. The molecular formula is C26H25Cl3F3N3O3. The molecule has 1 aliphatic heterocycles. The number of alkyl halides is 4. The molecule has 6 nitrogen and oxygen atoms in total. The lowest BCUT2D eigenvalue weighted by Gasteiger charge is -2.44. The molecule has 0 spiro atoms. The number of benzene rings is 2. The molecule has 1 aliphatic rings. The molecule has 204 valence electrons. The molecule has 2 heterocycles. The second-order valence-electron chi connectivity index (χ2n) is 9.42. The standard InChI is InChI=1S/C26H25Cl3F3N3O3/c1-24(2,16-11-19(28)22(20(29)12-16)37-10-8-27)15-3-5-18(6-4-15)38-14-17-7-9-33-23(34-17)25(36)13-21(35-25)26(30,31)32/h3-7,9,11-12,21,35-36H,8,10,13-14H2,1-2H3. The van der Waals surface area contributed by atoms with Crippen LogP contribution in [0.3, 0.4) is 0 Å². The number of nitrogens with zero attached hydrogens (tertiary/aromatic N) is 2. The number of ether oxygens (including phenoxy) is 2. The van der Waals surface area contributed by atoms with Crippen molar-refractivity contribution in [1.29, 1.82) is 0 Å². The van der Waals surface area contributed by atoms with Gasteiger partial charge >= 0.3 is 6.18 Å². The van der Waals surface area contributed by atoms with E-state index >= 15 is 0 Å². The SMILES string of the molecule is CC(C)(c1ccc(OCc2ccnc(C3(O)CC(C(F)(F)F)N3)n2)cc1)c1cc(Cl)c(OCCCl)c(Cl)c1. The van der Waals surface area contributed by atoms with E-state index in [-0.39, 0.29) is 19.0 Å². The number of nitrogens with one attached hydrogen (secondary N) is 1. The highest BCUT2D eigenvalue weighted by Crippen LogP contribution is 2.41. The van der Waals surface area contributed by atoms with E-state index in [0.717, 1.165) is 11.1 Å². The summed E-state index contributed by atoms with van der Waals surface area (Å²) in [4.78, 5) is 8.10. The van der Waals surface area contributed by atoms with Crippen molar-refractivity contribution in [3.63, 3.8) is 0 Å². The maximum atomic E-state index is 12.8. The third-order valence-corrected chi connectivity index (χ3v) is 7.11. The van der Waals surface area contributed by atoms with Crippen LogP contribution in [0.15, 0.2) is 48.7 Å². The average molecular weight is 591 g/mol. The van der Waals surface area contributed by atoms with Gasteiger partial charge in [0.2, 0.25) is 0 Å². The molecule has 0 aliphatic carbocycles. The second kappa shape index (κ2) is 11.1. The molecule has 0 amide bonds. The first kappa shape index (κ1) is 28.7. The minimum absolute atomic E-state index is 0.0337. The first-order valence-electron chi connectivity index (χ1n) is 11.6. The monoisotopic (exact) mass is 589 g/mol. The van der Waals surface area contributed by atoms with Crippen LogP contribution in [0, 0.1) is 0 Å². The Morgan fingerprint density at radius 1 is 1.05 bits per heavy atom. The fourth-order valence-corrected chi connectivity index (χ4v) is 4.76. The summed E-state index contributed by atoms with van der Waals surface area (Å²) in [5, 5.41) is 13.3. The van der Waals surface area contributed by atoms with Crippen LogP contribution in [-0.2, 0) is 17.7 Å². The number of hydrogen-bond acceptors (Lipinski definition) is 6. The van der Waals surface area contributed by atoms with Crippen molar-refractivity contribution in [3.8, 4) is 11.5 Å². The number of rotatable bonds is 9. The Kier molecular flexibility index (Phi) is 8.35. The van der Waals surface area contributed by atoms with Gasteiger partial charge in [0.05, 0.1) is 21.6 Å². The Labute approximate surface area is 233 Å². The first-order chi connectivity index (χ1) is 17.8. The number of aromatic nitrogens is 2. The minimum atomic E-state index is -4.45. The molecule has 2 aromatic carbocycles. The maximum absolute atomic E-state index is 12.8. The Hall–Kier alpha value is -2.30. The summed E-state index contributed by atoms with van der Waals surface area (Å²) in [6.07, 6.45) is -3.64. The van der Waals surface area contributed by atoms with E-state index in [4.69, 9.17) is 44.3 Å². The molecule has 1 aromatic heterocycles. The van der Waals surface area contributed by atoms with Gasteiger partial charge in [0.15, 0.2) is 17.3 Å². The third-order valence-electron chi connectivity index (χ3n) is 6.40. The summed E-state index contributed by atoms with van der Waals surface area (Å²) in [6.45, 7) is 4.40.